The zero-order chi connectivity index (χ0) is 31.5. The van der Waals surface area contributed by atoms with Gasteiger partial charge in [0.1, 0.15) is 12.2 Å². The van der Waals surface area contributed by atoms with Crippen molar-refractivity contribution >= 4 is 35.1 Å². The summed E-state index contributed by atoms with van der Waals surface area (Å²) in [5, 5.41) is 1.10. The normalized spacial score (nSPS) is 25.7. The van der Waals surface area contributed by atoms with Crippen LogP contribution in [-0.4, -0.2) is 53.4 Å². The molecule has 9 nitrogen and oxygen atoms in total. The number of rotatable bonds is 6. The largest absolute Gasteiger partial charge is 0.420 e. The van der Waals surface area contributed by atoms with Crippen LogP contribution in [-0.2, 0) is 53.2 Å². The van der Waals surface area contributed by atoms with E-state index in [1.807, 2.05) is 72.8 Å². The SMILES string of the molecule is O.O=C(OC12CN(Cc3ccccc3)CC(O1)c1cc(Cl)ccc12)C(=O)OC12CN(Cc3ccccc3)CC(O1)c1cc(Cl)ccc12. The van der Waals surface area contributed by atoms with Gasteiger partial charge in [-0.2, -0.15) is 0 Å². The van der Waals surface area contributed by atoms with Gasteiger partial charge in [-0.05, 0) is 46.5 Å². The molecule has 4 heterocycles. The molecule has 2 N–H and O–H groups in total. The van der Waals surface area contributed by atoms with Gasteiger partial charge < -0.3 is 24.4 Å². The van der Waals surface area contributed by atoms with Crippen molar-refractivity contribution in [2.24, 2.45) is 0 Å². The van der Waals surface area contributed by atoms with Gasteiger partial charge in [-0.25, -0.2) is 9.59 Å². The second kappa shape index (κ2) is 12.3. The van der Waals surface area contributed by atoms with E-state index in [4.69, 9.17) is 42.1 Å². The number of fused-ring (bicyclic) bond motifs is 10. The number of benzene rings is 4. The maximum Gasteiger partial charge on any atom is 0.420 e. The second-order valence-electron chi connectivity index (χ2n) is 12.3. The average Bonchev–Trinajstić information content (AvgIpc) is 3.39. The molecule has 4 atom stereocenters. The number of nitrogens with zero attached hydrogens (tertiary/aromatic N) is 2. The van der Waals surface area contributed by atoms with E-state index >= 15 is 0 Å². The van der Waals surface area contributed by atoms with Gasteiger partial charge in [0.05, 0.1) is 13.1 Å². The number of morpholine rings is 2. The lowest BCUT2D eigenvalue weighted by Crippen LogP contribution is -2.52. The first-order chi connectivity index (χ1) is 22.3. The summed E-state index contributed by atoms with van der Waals surface area (Å²) in [6.07, 6.45) is -0.789. The number of hydrogen-bond acceptors (Lipinski definition) is 8. The Bertz CT molecular complexity index is 1690. The highest BCUT2D eigenvalue weighted by molar-refractivity contribution is 6.31. The van der Waals surface area contributed by atoms with Crippen LogP contribution in [0.2, 0.25) is 10.0 Å². The molecule has 0 aliphatic carbocycles. The van der Waals surface area contributed by atoms with Crippen molar-refractivity contribution in [1.29, 1.82) is 0 Å². The predicted molar refractivity (Wildman–Crippen MR) is 173 cm³/mol. The minimum absolute atomic E-state index is 0. The lowest BCUT2D eigenvalue weighted by atomic mass is 10.0. The van der Waals surface area contributed by atoms with Crippen LogP contribution in [0.3, 0.4) is 0 Å². The van der Waals surface area contributed by atoms with Crippen LogP contribution in [0.1, 0.15) is 45.6 Å². The zero-order valence-corrected chi connectivity index (χ0v) is 26.7. The lowest BCUT2D eigenvalue weighted by molar-refractivity contribution is -0.290. The van der Waals surface area contributed by atoms with Gasteiger partial charge in [0, 0.05) is 47.4 Å². The van der Waals surface area contributed by atoms with Crippen molar-refractivity contribution in [2.75, 3.05) is 26.2 Å². The molecule has 0 saturated carbocycles. The Morgan fingerprint density at radius 2 is 1.06 bits per heavy atom. The molecule has 0 aromatic heterocycles. The first kappa shape index (κ1) is 31.8. The summed E-state index contributed by atoms with van der Waals surface area (Å²) < 4.78 is 24.9. The van der Waals surface area contributed by atoms with Crippen LogP contribution in [0.4, 0.5) is 0 Å². The van der Waals surface area contributed by atoms with Crippen LogP contribution in [0.25, 0.3) is 0 Å². The number of esters is 2. The summed E-state index contributed by atoms with van der Waals surface area (Å²) >= 11 is 12.7. The molecular formula is C36H32Cl2N2O7. The van der Waals surface area contributed by atoms with Crippen molar-refractivity contribution in [3.05, 3.63) is 140 Å². The molecule has 11 heteroatoms. The topological polar surface area (TPSA) is 109 Å². The van der Waals surface area contributed by atoms with Crippen molar-refractivity contribution in [1.82, 2.24) is 9.80 Å². The highest BCUT2D eigenvalue weighted by Gasteiger charge is 2.57. The fraction of sp³-hybridized carbons (Fsp3) is 0.278. The van der Waals surface area contributed by atoms with Crippen LogP contribution in [0.15, 0.2) is 97.1 Å². The van der Waals surface area contributed by atoms with Crippen molar-refractivity contribution in [2.45, 2.75) is 36.9 Å². The van der Waals surface area contributed by atoms with E-state index < -0.39 is 35.7 Å². The van der Waals surface area contributed by atoms with Gasteiger partial charge in [0.15, 0.2) is 0 Å². The lowest BCUT2D eigenvalue weighted by Gasteiger charge is -2.41. The molecule has 47 heavy (non-hydrogen) atoms. The molecule has 0 amide bonds. The highest BCUT2D eigenvalue weighted by Crippen LogP contribution is 2.51. The summed E-state index contributed by atoms with van der Waals surface area (Å²) in [4.78, 5) is 31.7. The summed E-state index contributed by atoms with van der Waals surface area (Å²) in [6, 6.07) is 30.8. The number of carbonyl (C=O) groups excluding carboxylic acids is 2. The first-order valence-corrected chi connectivity index (χ1v) is 16.0. The molecule has 4 aromatic rings. The fourth-order valence-electron chi connectivity index (χ4n) is 7.24. The Kier molecular flexibility index (Phi) is 8.34. The first-order valence-electron chi connectivity index (χ1n) is 15.2. The summed E-state index contributed by atoms with van der Waals surface area (Å²) in [7, 11) is 0. The number of carbonyl (C=O) groups is 2. The third-order valence-electron chi connectivity index (χ3n) is 9.10. The van der Waals surface area contributed by atoms with Gasteiger partial charge in [-0.3, -0.25) is 9.80 Å². The summed E-state index contributed by atoms with van der Waals surface area (Å²) in [5.74, 6) is -5.36. The van der Waals surface area contributed by atoms with Gasteiger partial charge >= 0.3 is 11.9 Å². The summed E-state index contributed by atoms with van der Waals surface area (Å²) in [6.45, 7) is 2.81. The van der Waals surface area contributed by atoms with Gasteiger partial charge in [-0.15, -0.1) is 0 Å². The van der Waals surface area contributed by atoms with Crippen molar-refractivity contribution in [3.63, 3.8) is 0 Å². The molecule has 8 rings (SSSR count). The van der Waals surface area contributed by atoms with Crippen LogP contribution in [0.5, 0.6) is 0 Å². The van der Waals surface area contributed by atoms with E-state index in [1.165, 1.54) is 0 Å². The standard InChI is InChI=1S/C36H30Cl2N2O6.H2O/c37-25-11-13-29-27(15-25)31-19-39(17-23-7-3-1-4-8-23)21-35(29,43-31)45-33(41)34(42)46-36-22-40(18-24-9-5-2-6-10-24)20-32(44-36)28-16-26(38)12-14-30(28)36;/h1-16,31-32H,17-22H2;1H2. The van der Waals surface area contributed by atoms with E-state index in [0.29, 0.717) is 47.4 Å². The van der Waals surface area contributed by atoms with E-state index in [0.717, 1.165) is 22.3 Å². The number of halogens is 2. The maximum atomic E-state index is 13.7. The molecule has 0 spiro atoms. The Hall–Kier alpha value is -3.80. The molecule has 2 fully saturated rings. The fourth-order valence-corrected chi connectivity index (χ4v) is 7.60. The number of ether oxygens (including phenoxy) is 4. The predicted octanol–water partition coefficient (Wildman–Crippen LogP) is 5.44. The minimum Gasteiger partial charge on any atom is -0.419 e. The van der Waals surface area contributed by atoms with E-state index in [-0.39, 0.29) is 18.6 Å². The monoisotopic (exact) mass is 674 g/mol. The van der Waals surface area contributed by atoms with E-state index in [2.05, 4.69) is 9.80 Å². The molecule has 242 valence electrons. The smallest absolute Gasteiger partial charge is 0.419 e. The second-order valence-corrected chi connectivity index (χ2v) is 13.1. The van der Waals surface area contributed by atoms with Crippen LogP contribution < -0.4 is 0 Å². The molecular weight excluding hydrogens is 643 g/mol. The Morgan fingerprint density at radius 1 is 0.660 bits per heavy atom. The Balaban J connectivity index is 0.00000351. The zero-order valence-electron chi connectivity index (χ0n) is 25.2. The number of hydrogen-bond donors (Lipinski definition) is 0. The Labute approximate surface area is 281 Å². The minimum atomic E-state index is -1.51. The van der Waals surface area contributed by atoms with Gasteiger partial charge in [0.2, 0.25) is 0 Å². The van der Waals surface area contributed by atoms with Crippen LogP contribution in [0, 0.1) is 0 Å². The Morgan fingerprint density at radius 3 is 1.47 bits per heavy atom. The van der Waals surface area contributed by atoms with Crippen molar-refractivity contribution in [3.8, 4) is 0 Å². The van der Waals surface area contributed by atoms with E-state index in [9.17, 15) is 9.59 Å². The third kappa shape index (κ3) is 5.83. The average molecular weight is 676 g/mol. The third-order valence-corrected chi connectivity index (χ3v) is 9.57. The van der Waals surface area contributed by atoms with E-state index in [1.54, 1.807) is 24.3 Å². The molecule has 4 aliphatic heterocycles. The molecule has 4 unspecified atom stereocenters. The van der Waals surface area contributed by atoms with Crippen LogP contribution >= 0.6 is 23.2 Å². The van der Waals surface area contributed by atoms with Gasteiger partial charge in [0.25, 0.3) is 11.6 Å². The van der Waals surface area contributed by atoms with Gasteiger partial charge in [-0.1, -0.05) is 96.0 Å². The quantitative estimate of drug-likeness (QED) is 0.197. The maximum absolute atomic E-state index is 13.7. The molecule has 0 radical (unpaired) electrons. The molecule has 2 saturated heterocycles. The molecule has 4 bridgehead atoms. The molecule has 4 aliphatic rings. The highest BCUT2D eigenvalue weighted by atomic mass is 35.5. The summed E-state index contributed by atoms with van der Waals surface area (Å²) in [5.41, 5.74) is 5.21. The molecule has 4 aromatic carbocycles. The van der Waals surface area contributed by atoms with Crippen molar-refractivity contribution < 1.29 is 34.0 Å².